The average molecular weight is 434 g/mol. The SMILES string of the molecule is CC(C)n1cc(CC(=O)N2CC3C[C@@H](C2)Cn2c3ccc([N+](=O)[O-])c2=O)c2ccccc21. The third kappa shape index (κ3) is 3.30. The standard InChI is InChI=1S/C24H26N4O4/c1-15(2)26-14-17(19-5-3-4-6-21(19)26)10-23(29)25-11-16-9-18(13-25)20-7-8-22(28(31)32)24(30)27(20)12-16/h3-8,14-16,18H,9-13H2,1-2H3/t16-,18?/m0/s1. The van der Waals surface area contributed by atoms with Crippen molar-refractivity contribution in [2.45, 2.75) is 45.2 Å². The summed E-state index contributed by atoms with van der Waals surface area (Å²) in [5.41, 5.74) is 2.04. The number of para-hydroxylation sites is 1. The third-order valence-corrected chi connectivity index (χ3v) is 6.85. The molecule has 1 unspecified atom stereocenters. The minimum Gasteiger partial charge on any atom is -0.345 e. The zero-order chi connectivity index (χ0) is 22.6. The minimum atomic E-state index is -0.622. The summed E-state index contributed by atoms with van der Waals surface area (Å²) < 4.78 is 3.76. The molecule has 2 atom stereocenters. The summed E-state index contributed by atoms with van der Waals surface area (Å²) in [6.45, 7) is 5.80. The van der Waals surface area contributed by atoms with E-state index in [0.717, 1.165) is 28.6 Å². The lowest BCUT2D eigenvalue weighted by molar-refractivity contribution is -0.386. The van der Waals surface area contributed by atoms with Crippen LogP contribution in [-0.4, -0.2) is 38.0 Å². The number of piperidine rings is 1. The Balaban J connectivity index is 1.40. The second kappa shape index (κ2) is 7.62. The van der Waals surface area contributed by atoms with Gasteiger partial charge < -0.3 is 14.0 Å². The van der Waals surface area contributed by atoms with E-state index in [1.54, 1.807) is 10.6 Å². The minimum absolute atomic E-state index is 0.0250. The number of benzene rings is 1. The molecule has 4 heterocycles. The van der Waals surface area contributed by atoms with Crippen LogP contribution in [0.4, 0.5) is 5.69 Å². The number of carbonyl (C=O) groups excluding carboxylic acids is 1. The predicted molar refractivity (Wildman–Crippen MR) is 121 cm³/mol. The van der Waals surface area contributed by atoms with Crippen molar-refractivity contribution >= 4 is 22.5 Å². The molecule has 8 heteroatoms. The molecule has 0 N–H and O–H groups in total. The van der Waals surface area contributed by atoms with Gasteiger partial charge in [-0.15, -0.1) is 0 Å². The molecule has 1 saturated heterocycles. The molecular formula is C24H26N4O4. The maximum Gasteiger partial charge on any atom is 0.334 e. The third-order valence-electron chi connectivity index (χ3n) is 6.85. The molecule has 2 aliphatic heterocycles. The molecular weight excluding hydrogens is 408 g/mol. The van der Waals surface area contributed by atoms with Crippen molar-refractivity contribution in [2.24, 2.45) is 5.92 Å². The highest BCUT2D eigenvalue weighted by Gasteiger charge is 2.37. The van der Waals surface area contributed by atoms with Crippen LogP contribution < -0.4 is 5.56 Å². The van der Waals surface area contributed by atoms with Gasteiger partial charge >= 0.3 is 11.2 Å². The summed E-state index contributed by atoms with van der Waals surface area (Å²) in [6.07, 6.45) is 3.33. The molecule has 0 saturated carbocycles. The maximum atomic E-state index is 13.3. The van der Waals surface area contributed by atoms with E-state index in [1.165, 1.54) is 6.07 Å². The van der Waals surface area contributed by atoms with E-state index < -0.39 is 10.5 Å². The van der Waals surface area contributed by atoms with Crippen molar-refractivity contribution in [3.8, 4) is 0 Å². The van der Waals surface area contributed by atoms with E-state index in [-0.39, 0.29) is 23.4 Å². The summed E-state index contributed by atoms with van der Waals surface area (Å²) in [7, 11) is 0. The summed E-state index contributed by atoms with van der Waals surface area (Å²) in [5.74, 6) is 0.239. The van der Waals surface area contributed by atoms with Crippen molar-refractivity contribution in [3.63, 3.8) is 0 Å². The molecule has 166 valence electrons. The number of hydrogen-bond donors (Lipinski definition) is 0. The van der Waals surface area contributed by atoms with Crippen LogP contribution in [0.15, 0.2) is 47.4 Å². The molecule has 3 aromatic rings. The molecule has 1 amide bonds. The highest BCUT2D eigenvalue weighted by atomic mass is 16.6. The van der Waals surface area contributed by atoms with E-state index in [0.29, 0.717) is 32.1 Å². The Labute approximate surface area is 185 Å². The topological polar surface area (TPSA) is 90.4 Å². The lowest BCUT2D eigenvalue weighted by atomic mass is 9.83. The van der Waals surface area contributed by atoms with Gasteiger partial charge in [0.25, 0.3) is 0 Å². The van der Waals surface area contributed by atoms with Crippen LogP contribution in [0, 0.1) is 16.0 Å². The fraction of sp³-hybridized carbons (Fsp3) is 0.417. The van der Waals surface area contributed by atoms with E-state index in [9.17, 15) is 19.7 Å². The van der Waals surface area contributed by atoms with Crippen molar-refractivity contribution in [1.29, 1.82) is 0 Å². The predicted octanol–water partition coefficient (Wildman–Crippen LogP) is 3.48. The lowest BCUT2D eigenvalue weighted by Gasteiger charge is -2.42. The lowest BCUT2D eigenvalue weighted by Crippen LogP contribution is -2.49. The van der Waals surface area contributed by atoms with Gasteiger partial charge in [0.1, 0.15) is 0 Å². The van der Waals surface area contributed by atoms with Crippen LogP contribution in [0.2, 0.25) is 0 Å². The van der Waals surface area contributed by atoms with Crippen LogP contribution >= 0.6 is 0 Å². The highest BCUT2D eigenvalue weighted by Crippen LogP contribution is 2.36. The number of amides is 1. The van der Waals surface area contributed by atoms with Crippen LogP contribution in [0.1, 0.15) is 43.5 Å². The van der Waals surface area contributed by atoms with Crippen LogP contribution in [0.5, 0.6) is 0 Å². The molecule has 2 bridgehead atoms. The first kappa shape index (κ1) is 20.5. The number of nitro groups is 1. The van der Waals surface area contributed by atoms with Crippen LogP contribution in [0.25, 0.3) is 10.9 Å². The van der Waals surface area contributed by atoms with Gasteiger partial charge in [0.15, 0.2) is 0 Å². The van der Waals surface area contributed by atoms with E-state index >= 15 is 0 Å². The van der Waals surface area contributed by atoms with Gasteiger partial charge in [-0.3, -0.25) is 19.7 Å². The summed E-state index contributed by atoms with van der Waals surface area (Å²) >= 11 is 0. The maximum absolute atomic E-state index is 13.3. The first-order valence-electron chi connectivity index (χ1n) is 11.1. The molecule has 1 fully saturated rings. The molecule has 2 aliphatic rings. The first-order chi connectivity index (χ1) is 15.3. The molecule has 2 aromatic heterocycles. The molecule has 0 aliphatic carbocycles. The van der Waals surface area contributed by atoms with Gasteiger partial charge in [-0.2, -0.15) is 0 Å². The average Bonchev–Trinajstić information content (AvgIpc) is 3.13. The number of fused-ring (bicyclic) bond motifs is 5. The second-order valence-corrected chi connectivity index (χ2v) is 9.26. The van der Waals surface area contributed by atoms with Gasteiger partial charge in [-0.25, -0.2) is 0 Å². The number of carbonyl (C=O) groups is 1. The molecule has 8 nitrogen and oxygen atoms in total. The quantitative estimate of drug-likeness (QED) is 0.464. The first-order valence-corrected chi connectivity index (χ1v) is 11.1. The van der Waals surface area contributed by atoms with E-state index in [1.807, 2.05) is 17.0 Å². The Hall–Kier alpha value is -3.42. The number of hydrogen-bond acceptors (Lipinski definition) is 4. The van der Waals surface area contributed by atoms with Gasteiger partial charge in [0.05, 0.1) is 11.3 Å². The molecule has 5 rings (SSSR count). The summed E-state index contributed by atoms with van der Waals surface area (Å²) in [6, 6.07) is 11.5. The highest BCUT2D eigenvalue weighted by molar-refractivity contribution is 5.89. The largest absolute Gasteiger partial charge is 0.345 e. The van der Waals surface area contributed by atoms with Gasteiger partial charge in [-0.05, 0) is 43.9 Å². The molecule has 0 spiro atoms. The number of likely N-dealkylation sites (tertiary alicyclic amines) is 1. The normalized spacial score (nSPS) is 19.9. The Morgan fingerprint density at radius 3 is 2.69 bits per heavy atom. The van der Waals surface area contributed by atoms with Crippen molar-refractivity contribution in [3.05, 3.63) is 74.3 Å². The zero-order valence-corrected chi connectivity index (χ0v) is 18.2. The van der Waals surface area contributed by atoms with Crippen molar-refractivity contribution in [2.75, 3.05) is 13.1 Å². The summed E-state index contributed by atoms with van der Waals surface area (Å²) in [4.78, 5) is 38.3. The molecule has 32 heavy (non-hydrogen) atoms. The molecule has 1 aromatic carbocycles. The van der Waals surface area contributed by atoms with Gasteiger partial charge in [0.2, 0.25) is 5.91 Å². The van der Waals surface area contributed by atoms with Gasteiger partial charge in [-0.1, -0.05) is 18.2 Å². The van der Waals surface area contributed by atoms with E-state index in [2.05, 4.69) is 36.7 Å². The number of pyridine rings is 1. The Bertz CT molecular complexity index is 1290. The monoisotopic (exact) mass is 434 g/mol. The number of rotatable bonds is 4. The number of nitrogens with zero attached hydrogens (tertiary/aromatic N) is 4. The molecule has 0 radical (unpaired) electrons. The van der Waals surface area contributed by atoms with Crippen molar-refractivity contribution in [1.82, 2.24) is 14.0 Å². The number of aromatic nitrogens is 2. The van der Waals surface area contributed by atoms with Crippen molar-refractivity contribution < 1.29 is 9.72 Å². The fourth-order valence-electron chi connectivity index (χ4n) is 5.40. The van der Waals surface area contributed by atoms with Gasteiger partial charge in [0, 0.05) is 60.5 Å². The Kier molecular flexibility index (Phi) is 4.87. The Morgan fingerprint density at radius 1 is 1.16 bits per heavy atom. The van der Waals surface area contributed by atoms with Crippen LogP contribution in [-0.2, 0) is 17.8 Å². The van der Waals surface area contributed by atoms with E-state index in [4.69, 9.17) is 0 Å². The smallest absolute Gasteiger partial charge is 0.334 e. The second-order valence-electron chi connectivity index (χ2n) is 9.26. The summed E-state index contributed by atoms with van der Waals surface area (Å²) in [5, 5.41) is 12.3. The Morgan fingerprint density at radius 2 is 1.94 bits per heavy atom. The fourth-order valence-corrected chi connectivity index (χ4v) is 5.40. The zero-order valence-electron chi connectivity index (χ0n) is 18.2. The van der Waals surface area contributed by atoms with Crippen LogP contribution in [0.3, 0.4) is 0 Å².